The molecule has 0 saturated carbocycles. The molecule has 0 atom stereocenters. The Hall–Kier alpha value is -2.38. The van der Waals surface area contributed by atoms with Crippen molar-refractivity contribution in [3.8, 4) is 0 Å². The minimum Gasteiger partial charge on any atom is -0.367 e. The molecule has 3 rings (SSSR count). The highest BCUT2D eigenvalue weighted by atomic mass is 32.2. The average molecular weight is 388 g/mol. The number of hydrogen-bond donors (Lipinski definition) is 1. The Balaban J connectivity index is 1.76. The summed E-state index contributed by atoms with van der Waals surface area (Å²) in [5.41, 5.74) is 4.48. The Morgan fingerprint density at radius 3 is 2.26 bits per heavy atom. The molecule has 1 N–H and O–H groups in total. The summed E-state index contributed by atoms with van der Waals surface area (Å²) in [6.07, 6.45) is 1.24. The zero-order valence-corrected chi connectivity index (χ0v) is 16.7. The smallest absolute Gasteiger partial charge is 0.255 e. The SMILES string of the molecule is Cc1ccc(C(=O)Nc2ccccc2N2CCN(S(C)(=O)=O)CC2)cc1C. The number of carbonyl (C=O) groups excluding carboxylic acids is 1. The van der Waals surface area contributed by atoms with E-state index < -0.39 is 10.0 Å². The number of sulfonamides is 1. The van der Waals surface area contributed by atoms with Gasteiger partial charge in [-0.15, -0.1) is 0 Å². The number of amides is 1. The molecule has 1 fully saturated rings. The minimum absolute atomic E-state index is 0.152. The van der Waals surface area contributed by atoms with E-state index in [1.807, 2.05) is 56.3 Å². The lowest BCUT2D eigenvalue weighted by Gasteiger charge is -2.35. The molecule has 2 aromatic carbocycles. The van der Waals surface area contributed by atoms with Crippen LogP contribution in [0.1, 0.15) is 21.5 Å². The Morgan fingerprint density at radius 1 is 0.963 bits per heavy atom. The third-order valence-corrected chi connectivity index (χ3v) is 6.27. The molecule has 6 nitrogen and oxygen atoms in total. The van der Waals surface area contributed by atoms with Crippen molar-refractivity contribution in [2.45, 2.75) is 13.8 Å². The van der Waals surface area contributed by atoms with Gasteiger partial charge in [-0.05, 0) is 49.2 Å². The molecule has 0 radical (unpaired) electrons. The van der Waals surface area contributed by atoms with Crippen LogP contribution < -0.4 is 10.2 Å². The van der Waals surface area contributed by atoms with Gasteiger partial charge in [0.25, 0.3) is 5.91 Å². The van der Waals surface area contributed by atoms with Gasteiger partial charge in [0.15, 0.2) is 0 Å². The standard InChI is InChI=1S/C20H25N3O3S/c1-15-8-9-17(14-16(15)2)20(24)21-18-6-4-5-7-19(18)22-10-12-23(13-11-22)27(3,25)26/h4-9,14H,10-13H2,1-3H3,(H,21,24). The van der Waals surface area contributed by atoms with Gasteiger partial charge < -0.3 is 10.2 Å². The van der Waals surface area contributed by atoms with Crippen molar-refractivity contribution in [1.29, 1.82) is 0 Å². The van der Waals surface area contributed by atoms with Crippen molar-refractivity contribution in [3.63, 3.8) is 0 Å². The number of para-hydroxylation sites is 2. The fourth-order valence-electron chi connectivity index (χ4n) is 3.19. The number of piperazine rings is 1. The maximum absolute atomic E-state index is 12.7. The normalized spacial score (nSPS) is 15.6. The van der Waals surface area contributed by atoms with E-state index in [2.05, 4.69) is 10.2 Å². The molecule has 1 heterocycles. The zero-order chi connectivity index (χ0) is 19.6. The van der Waals surface area contributed by atoms with Crippen LogP contribution in [0.3, 0.4) is 0 Å². The second-order valence-electron chi connectivity index (χ2n) is 6.92. The van der Waals surface area contributed by atoms with Crippen LogP contribution in [0.5, 0.6) is 0 Å². The van der Waals surface area contributed by atoms with Crippen LogP contribution in [-0.2, 0) is 10.0 Å². The first-order valence-corrected chi connectivity index (χ1v) is 10.8. The van der Waals surface area contributed by atoms with E-state index in [1.54, 1.807) is 0 Å². The summed E-state index contributed by atoms with van der Waals surface area (Å²) in [5, 5.41) is 3.00. The van der Waals surface area contributed by atoms with Crippen LogP contribution in [-0.4, -0.2) is 51.1 Å². The van der Waals surface area contributed by atoms with Gasteiger partial charge >= 0.3 is 0 Å². The van der Waals surface area contributed by atoms with Gasteiger partial charge in [0.2, 0.25) is 10.0 Å². The van der Waals surface area contributed by atoms with E-state index in [9.17, 15) is 13.2 Å². The number of carbonyl (C=O) groups is 1. The number of anilines is 2. The zero-order valence-electron chi connectivity index (χ0n) is 15.9. The first kappa shape index (κ1) is 19.4. The second-order valence-corrected chi connectivity index (χ2v) is 8.90. The molecule has 0 aliphatic carbocycles. The third kappa shape index (κ3) is 4.48. The highest BCUT2D eigenvalue weighted by Crippen LogP contribution is 2.27. The Bertz CT molecular complexity index is 949. The molecule has 0 spiro atoms. The van der Waals surface area contributed by atoms with Crippen molar-refractivity contribution in [3.05, 3.63) is 59.2 Å². The molecule has 1 saturated heterocycles. The second kappa shape index (κ2) is 7.70. The maximum Gasteiger partial charge on any atom is 0.255 e. The fourth-order valence-corrected chi connectivity index (χ4v) is 4.02. The number of nitrogens with one attached hydrogen (secondary N) is 1. The number of aryl methyl sites for hydroxylation is 2. The predicted octanol–water partition coefficient (Wildman–Crippen LogP) is 2.64. The van der Waals surface area contributed by atoms with Crippen LogP contribution in [0.4, 0.5) is 11.4 Å². The molecule has 2 aromatic rings. The van der Waals surface area contributed by atoms with Crippen LogP contribution in [0.25, 0.3) is 0 Å². The quantitative estimate of drug-likeness (QED) is 0.876. The van der Waals surface area contributed by atoms with Gasteiger partial charge in [-0.3, -0.25) is 4.79 Å². The molecule has 1 aliphatic heterocycles. The summed E-state index contributed by atoms with van der Waals surface area (Å²) in [6, 6.07) is 13.3. The number of rotatable bonds is 4. The van der Waals surface area contributed by atoms with E-state index in [-0.39, 0.29) is 5.91 Å². The fraction of sp³-hybridized carbons (Fsp3) is 0.350. The number of benzene rings is 2. The van der Waals surface area contributed by atoms with Crippen molar-refractivity contribution in [2.75, 3.05) is 42.7 Å². The van der Waals surface area contributed by atoms with E-state index in [0.29, 0.717) is 31.7 Å². The van der Waals surface area contributed by atoms with Gasteiger partial charge in [0, 0.05) is 31.7 Å². The Kier molecular flexibility index (Phi) is 5.53. The first-order valence-electron chi connectivity index (χ1n) is 8.93. The van der Waals surface area contributed by atoms with Crippen molar-refractivity contribution in [2.24, 2.45) is 0 Å². The summed E-state index contributed by atoms with van der Waals surface area (Å²) in [6.45, 7) is 6.06. The van der Waals surface area contributed by atoms with Gasteiger partial charge in [-0.2, -0.15) is 4.31 Å². The van der Waals surface area contributed by atoms with E-state index >= 15 is 0 Å². The maximum atomic E-state index is 12.7. The van der Waals surface area contributed by atoms with Crippen LogP contribution in [0.2, 0.25) is 0 Å². The molecule has 0 unspecified atom stereocenters. The molecule has 27 heavy (non-hydrogen) atoms. The van der Waals surface area contributed by atoms with Gasteiger partial charge in [0.05, 0.1) is 17.6 Å². The summed E-state index contributed by atoms with van der Waals surface area (Å²) in [7, 11) is -3.17. The molecular weight excluding hydrogens is 362 g/mol. The highest BCUT2D eigenvalue weighted by Gasteiger charge is 2.24. The summed E-state index contributed by atoms with van der Waals surface area (Å²) >= 11 is 0. The van der Waals surface area contributed by atoms with Crippen LogP contribution >= 0.6 is 0 Å². The van der Waals surface area contributed by atoms with Gasteiger partial charge in [-0.1, -0.05) is 18.2 Å². The molecular formula is C20H25N3O3S. The van der Waals surface area contributed by atoms with Crippen molar-refractivity contribution in [1.82, 2.24) is 4.31 Å². The predicted molar refractivity (Wildman–Crippen MR) is 109 cm³/mol. The molecule has 0 bridgehead atoms. The van der Waals surface area contributed by atoms with E-state index in [4.69, 9.17) is 0 Å². The van der Waals surface area contributed by atoms with Crippen molar-refractivity contribution >= 4 is 27.3 Å². The molecule has 0 aromatic heterocycles. The average Bonchev–Trinajstić information content (AvgIpc) is 2.64. The Labute approximate surface area is 160 Å². The monoisotopic (exact) mass is 387 g/mol. The van der Waals surface area contributed by atoms with Gasteiger partial charge in [-0.25, -0.2) is 8.42 Å². The van der Waals surface area contributed by atoms with Crippen LogP contribution in [0.15, 0.2) is 42.5 Å². The highest BCUT2D eigenvalue weighted by molar-refractivity contribution is 7.88. The van der Waals surface area contributed by atoms with Crippen LogP contribution in [0, 0.1) is 13.8 Å². The summed E-state index contributed by atoms with van der Waals surface area (Å²) < 4.78 is 24.9. The number of nitrogens with zero attached hydrogens (tertiary/aromatic N) is 2. The Morgan fingerprint density at radius 2 is 1.63 bits per heavy atom. The molecule has 144 valence electrons. The van der Waals surface area contributed by atoms with E-state index in [0.717, 1.165) is 22.5 Å². The molecule has 1 amide bonds. The lowest BCUT2D eigenvalue weighted by Crippen LogP contribution is -2.48. The largest absolute Gasteiger partial charge is 0.367 e. The first-order chi connectivity index (χ1) is 12.8. The number of hydrogen-bond acceptors (Lipinski definition) is 4. The lowest BCUT2D eigenvalue weighted by molar-refractivity contribution is 0.102. The minimum atomic E-state index is -3.17. The lowest BCUT2D eigenvalue weighted by atomic mass is 10.1. The van der Waals surface area contributed by atoms with E-state index in [1.165, 1.54) is 10.6 Å². The third-order valence-electron chi connectivity index (χ3n) is 4.97. The van der Waals surface area contributed by atoms with Crippen molar-refractivity contribution < 1.29 is 13.2 Å². The topological polar surface area (TPSA) is 69.7 Å². The summed E-state index contributed by atoms with van der Waals surface area (Å²) in [4.78, 5) is 14.8. The van der Waals surface area contributed by atoms with Gasteiger partial charge in [0.1, 0.15) is 0 Å². The molecule has 1 aliphatic rings. The summed E-state index contributed by atoms with van der Waals surface area (Å²) in [5.74, 6) is -0.152. The molecule has 7 heteroatoms.